The third-order valence-electron chi connectivity index (χ3n) is 3.52. The molecule has 0 spiro atoms. The van der Waals surface area contributed by atoms with Crippen molar-refractivity contribution in [3.63, 3.8) is 0 Å². The van der Waals surface area contributed by atoms with Crippen LogP contribution in [0.3, 0.4) is 0 Å². The van der Waals surface area contributed by atoms with Crippen LogP contribution in [0.5, 0.6) is 0 Å². The van der Waals surface area contributed by atoms with Gasteiger partial charge >= 0.3 is 12.1 Å². The Labute approximate surface area is 128 Å². The summed E-state index contributed by atoms with van der Waals surface area (Å²) in [6, 6.07) is 0. The van der Waals surface area contributed by atoms with Crippen molar-refractivity contribution in [1.29, 1.82) is 0 Å². The number of amides is 1. The maximum Gasteiger partial charge on any atom is 0.415 e. The van der Waals surface area contributed by atoms with E-state index < -0.39 is 5.97 Å². The summed E-state index contributed by atoms with van der Waals surface area (Å²) in [5.74, 6) is -0.117. The molecule has 0 saturated carbocycles. The van der Waals surface area contributed by atoms with E-state index in [-0.39, 0.29) is 11.9 Å². The van der Waals surface area contributed by atoms with Gasteiger partial charge in [0.15, 0.2) is 0 Å². The second kappa shape index (κ2) is 6.76. The van der Waals surface area contributed by atoms with Crippen molar-refractivity contribution in [3.8, 4) is 0 Å². The molecule has 0 bridgehead atoms. The zero-order chi connectivity index (χ0) is 15.4. The van der Waals surface area contributed by atoms with E-state index in [0.717, 1.165) is 37.9 Å². The van der Waals surface area contributed by atoms with Gasteiger partial charge in [0.2, 0.25) is 0 Å². The van der Waals surface area contributed by atoms with Crippen LogP contribution in [0.25, 0.3) is 5.76 Å². The number of rotatable bonds is 3. The van der Waals surface area contributed by atoms with Gasteiger partial charge in [-0.3, -0.25) is 0 Å². The lowest BCUT2D eigenvalue weighted by Crippen LogP contribution is -2.35. The van der Waals surface area contributed by atoms with Crippen LogP contribution in [0, 0.1) is 6.92 Å². The molecule has 1 amide bonds. The van der Waals surface area contributed by atoms with Gasteiger partial charge < -0.3 is 14.4 Å². The number of nitrogens with zero attached hydrogens (tertiary/aromatic N) is 1. The van der Waals surface area contributed by atoms with E-state index in [2.05, 4.69) is 6.58 Å². The molecule has 1 aromatic heterocycles. The van der Waals surface area contributed by atoms with Gasteiger partial charge in [0, 0.05) is 18.5 Å². The average molecular weight is 309 g/mol. The molecule has 2 heterocycles. The SMILES string of the molecule is C=C(OC(=O)N1CCCCC1)c1scc(C(=O)OC)c1C. The lowest BCUT2D eigenvalue weighted by Gasteiger charge is -2.25. The van der Waals surface area contributed by atoms with Gasteiger partial charge in [-0.05, 0) is 31.7 Å². The Balaban J connectivity index is 2.05. The molecule has 114 valence electrons. The number of thiophene rings is 1. The molecule has 6 heteroatoms. The van der Waals surface area contributed by atoms with E-state index in [9.17, 15) is 9.59 Å². The zero-order valence-corrected chi connectivity index (χ0v) is 13.1. The first kappa shape index (κ1) is 15.6. The third kappa shape index (κ3) is 3.44. The fourth-order valence-electron chi connectivity index (χ4n) is 2.30. The number of ether oxygens (including phenoxy) is 2. The fourth-order valence-corrected chi connectivity index (χ4v) is 3.26. The molecular weight excluding hydrogens is 290 g/mol. The monoisotopic (exact) mass is 309 g/mol. The number of carbonyl (C=O) groups excluding carboxylic acids is 2. The van der Waals surface area contributed by atoms with Crippen LogP contribution >= 0.6 is 11.3 Å². The number of likely N-dealkylation sites (tertiary alicyclic amines) is 1. The Morgan fingerprint density at radius 2 is 1.95 bits per heavy atom. The standard InChI is InChI=1S/C15H19NO4S/c1-10-12(14(17)19-3)9-21-13(10)11(2)20-15(18)16-7-5-4-6-8-16/h9H,2,4-8H2,1,3H3. The second-order valence-electron chi connectivity index (χ2n) is 4.93. The summed E-state index contributed by atoms with van der Waals surface area (Å²) < 4.78 is 10.0. The lowest BCUT2D eigenvalue weighted by molar-refractivity contribution is 0.0600. The van der Waals surface area contributed by atoms with Crippen molar-refractivity contribution in [3.05, 3.63) is 28.0 Å². The molecule has 21 heavy (non-hydrogen) atoms. The number of hydrogen-bond acceptors (Lipinski definition) is 5. The van der Waals surface area contributed by atoms with Crippen molar-refractivity contribution in [2.75, 3.05) is 20.2 Å². The summed E-state index contributed by atoms with van der Waals surface area (Å²) in [6.07, 6.45) is 2.79. The van der Waals surface area contributed by atoms with Crippen LogP contribution in [0.1, 0.15) is 40.1 Å². The van der Waals surface area contributed by atoms with Gasteiger partial charge in [-0.25, -0.2) is 9.59 Å². The fraction of sp³-hybridized carbons (Fsp3) is 0.467. The van der Waals surface area contributed by atoms with Crippen molar-refractivity contribution in [2.45, 2.75) is 26.2 Å². The average Bonchev–Trinajstić information content (AvgIpc) is 2.89. The van der Waals surface area contributed by atoms with E-state index in [4.69, 9.17) is 9.47 Å². The van der Waals surface area contributed by atoms with Crippen LogP contribution < -0.4 is 0 Å². The zero-order valence-electron chi connectivity index (χ0n) is 12.3. The van der Waals surface area contributed by atoms with Gasteiger partial charge in [0.05, 0.1) is 17.6 Å². The van der Waals surface area contributed by atoms with Gasteiger partial charge in [-0.1, -0.05) is 6.58 Å². The van der Waals surface area contributed by atoms with Gasteiger partial charge in [-0.15, -0.1) is 11.3 Å². The van der Waals surface area contributed by atoms with Gasteiger partial charge in [-0.2, -0.15) is 0 Å². The first-order chi connectivity index (χ1) is 10.0. The van der Waals surface area contributed by atoms with Gasteiger partial charge in [0.25, 0.3) is 0 Å². The van der Waals surface area contributed by atoms with E-state index >= 15 is 0 Å². The molecule has 0 radical (unpaired) electrons. The Morgan fingerprint density at radius 3 is 2.57 bits per heavy atom. The predicted octanol–water partition coefficient (Wildman–Crippen LogP) is 3.44. The summed E-state index contributed by atoms with van der Waals surface area (Å²) in [5, 5.41) is 1.69. The number of hydrogen-bond donors (Lipinski definition) is 0. The Kier molecular flexibility index (Phi) is 5.01. The highest BCUT2D eigenvalue weighted by Gasteiger charge is 2.22. The minimum atomic E-state index is -0.398. The van der Waals surface area contributed by atoms with Crippen LogP contribution in [0.2, 0.25) is 0 Å². The highest BCUT2D eigenvalue weighted by molar-refractivity contribution is 7.11. The Morgan fingerprint density at radius 1 is 1.29 bits per heavy atom. The maximum atomic E-state index is 12.0. The molecule has 1 aliphatic heterocycles. The first-order valence-corrected chi connectivity index (χ1v) is 7.75. The van der Waals surface area contributed by atoms with Gasteiger partial charge in [0.1, 0.15) is 5.76 Å². The molecule has 1 aromatic rings. The molecule has 0 atom stereocenters. The number of methoxy groups -OCH3 is 1. The minimum Gasteiger partial charge on any atom is -0.465 e. The summed E-state index contributed by atoms with van der Waals surface area (Å²) in [5.41, 5.74) is 1.20. The summed E-state index contributed by atoms with van der Waals surface area (Å²) in [6.45, 7) is 7.05. The topological polar surface area (TPSA) is 55.8 Å². The number of carbonyl (C=O) groups is 2. The minimum absolute atomic E-state index is 0.281. The highest BCUT2D eigenvalue weighted by atomic mass is 32.1. The first-order valence-electron chi connectivity index (χ1n) is 6.87. The molecular formula is C15H19NO4S. The van der Waals surface area contributed by atoms with Crippen LogP contribution in [0.4, 0.5) is 4.79 Å². The molecule has 0 N–H and O–H groups in total. The van der Waals surface area contributed by atoms with Crippen molar-refractivity contribution >= 4 is 29.2 Å². The van der Waals surface area contributed by atoms with Crippen LogP contribution in [-0.2, 0) is 9.47 Å². The van der Waals surface area contributed by atoms with E-state index in [0.29, 0.717) is 10.4 Å². The largest absolute Gasteiger partial charge is 0.465 e. The molecule has 1 fully saturated rings. The van der Waals surface area contributed by atoms with Crippen molar-refractivity contribution < 1.29 is 19.1 Å². The second-order valence-corrected chi connectivity index (χ2v) is 5.81. The van der Waals surface area contributed by atoms with Crippen molar-refractivity contribution in [2.24, 2.45) is 0 Å². The predicted molar refractivity (Wildman–Crippen MR) is 81.3 cm³/mol. The molecule has 1 aliphatic rings. The quantitative estimate of drug-likeness (QED) is 0.634. The molecule has 1 saturated heterocycles. The van der Waals surface area contributed by atoms with Crippen molar-refractivity contribution in [1.82, 2.24) is 4.90 Å². The highest BCUT2D eigenvalue weighted by Crippen LogP contribution is 2.29. The number of piperidine rings is 1. The lowest BCUT2D eigenvalue weighted by atomic mass is 10.1. The maximum absolute atomic E-state index is 12.0. The smallest absolute Gasteiger partial charge is 0.415 e. The number of esters is 1. The molecule has 0 aliphatic carbocycles. The Hall–Kier alpha value is -1.82. The van der Waals surface area contributed by atoms with E-state index in [1.807, 2.05) is 0 Å². The summed E-state index contributed by atoms with van der Waals surface area (Å²) in [4.78, 5) is 26.0. The Bertz CT molecular complexity index is 558. The summed E-state index contributed by atoms with van der Waals surface area (Å²) in [7, 11) is 1.34. The summed E-state index contributed by atoms with van der Waals surface area (Å²) >= 11 is 1.32. The van der Waals surface area contributed by atoms with Crippen LogP contribution in [0.15, 0.2) is 12.0 Å². The normalized spacial score (nSPS) is 14.7. The third-order valence-corrected chi connectivity index (χ3v) is 4.65. The molecule has 2 rings (SSSR count). The molecule has 5 nitrogen and oxygen atoms in total. The molecule has 0 aromatic carbocycles. The molecule has 0 unspecified atom stereocenters. The van der Waals surface area contributed by atoms with E-state index in [1.54, 1.807) is 17.2 Å². The van der Waals surface area contributed by atoms with Crippen LogP contribution in [-0.4, -0.2) is 37.2 Å². The van der Waals surface area contributed by atoms with E-state index in [1.165, 1.54) is 18.4 Å².